The van der Waals surface area contributed by atoms with Crippen LogP contribution in [-0.2, 0) is 14.9 Å². The Morgan fingerprint density at radius 3 is 2.34 bits per heavy atom. The number of hydrogen-bond acceptors (Lipinski definition) is 5. The number of benzene rings is 2. The lowest BCUT2D eigenvalue weighted by Crippen LogP contribution is -2.22. The maximum atomic E-state index is 12.4. The van der Waals surface area contributed by atoms with Crippen LogP contribution in [0.1, 0.15) is 42.3 Å². The van der Waals surface area contributed by atoms with Gasteiger partial charge in [-0.3, -0.25) is 4.79 Å². The number of carbonyl (C=O) groups is 2. The number of methoxy groups -OCH3 is 2. The first-order chi connectivity index (χ1) is 13.6. The molecule has 0 fully saturated rings. The molecule has 0 saturated heterocycles. The lowest BCUT2D eigenvalue weighted by atomic mass is 9.85. The summed E-state index contributed by atoms with van der Waals surface area (Å²) in [7, 11) is 2.68. The van der Waals surface area contributed by atoms with Crippen LogP contribution in [-0.4, -0.2) is 32.7 Å². The van der Waals surface area contributed by atoms with E-state index in [9.17, 15) is 9.59 Å². The fourth-order valence-electron chi connectivity index (χ4n) is 2.77. The minimum Gasteiger partial charge on any atom is -0.496 e. The highest BCUT2D eigenvalue weighted by atomic mass is 35.5. The van der Waals surface area contributed by atoms with Gasteiger partial charge in [-0.05, 0) is 30.0 Å². The number of aryl methyl sites for hydroxylation is 1. The zero-order valence-corrected chi connectivity index (χ0v) is 18.3. The summed E-state index contributed by atoms with van der Waals surface area (Å²) in [5, 5.41) is 2.87. The minimum atomic E-state index is -0.584. The number of ether oxygens (including phenoxy) is 3. The summed E-state index contributed by atoms with van der Waals surface area (Å²) in [6.07, 6.45) is 0. The van der Waals surface area contributed by atoms with Crippen molar-refractivity contribution in [2.75, 3.05) is 26.1 Å². The molecule has 0 saturated carbocycles. The molecule has 0 atom stereocenters. The molecule has 0 aliphatic carbocycles. The molecule has 2 aromatic rings. The second kappa shape index (κ2) is 9.18. The van der Waals surface area contributed by atoms with Crippen molar-refractivity contribution in [2.24, 2.45) is 0 Å². The Morgan fingerprint density at radius 1 is 1.07 bits per heavy atom. The predicted molar refractivity (Wildman–Crippen MR) is 113 cm³/mol. The molecule has 29 heavy (non-hydrogen) atoms. The molecule has 1 amide bonds. The molecule has 0 aliphatic rings. The van der Waals surface area contributed by atoms with E-state index in [0.29, 0.717) is 11.4 Å². The first-order valence-corrected chi connectivity index (χ1v) is 9.44. The van der Waals surface area contributed by atoms with E-state index in [0.717, 1.165) is 11.1 Å². The van der Waals surface area contributed by atoms with Crippen LogP contribution in [0.2, 0.25) is 5.02 Å². The Bertz CT molecular complexity index is 918. The molecule has 0 radical (unpaired) electrons. The molecule has 6 nitrogen and oxygen atoms in total. The molecule has 2 aromatic carbocycles. The third kappa shape index (κ3) is 5.64. The van der Waals surface area contributed by atoms with E-state index in [4.69, 9.17) is 25.8 Å². The van der Waals surface area contributed by atoms with Gasteiger partial charge in [-0.1, -0.05) is 50.1 Å². The van der Waals surface area contributed by atoms with E-state index in [2.05, 4.69) is 32.2 Å². The molecule has 1 N–H and O–H groups in total. The highest BCUT2D eigenvalue weighted by Crippen LogP contribution is 2.33. The number of halogens is 1. The van der Waals surface area contributed by atoms with Crippen molar-refractivity contribution in [3.8, 4) is 11.5 Å². The number of nitrogens with one attached hydrogen (secondary N) is 1. The van der Waals surface area contributed by atoms with Gasteiger partial charge in [0.2, 0.25) is 0 Å². The highest BCUT2D eigenvalue weighted by molar-refractivity contribution is 6.34. The summed E-state index contributed by atoms with van der Waals surface area (Å²) >= 11 is 6.20. The Hall–Kier alpha value is -2.73. The average Bonchev–Trinajstić information content (AvgIpc) is 2.66. The predicted octanol–water partition coefficient (Wildman–Crippen LogP) is 4.76. The van der Waals surface area contributed by atoms with Gasteiger partial charge in [-0.25, -0.2) is 4.79 Å². The molecule has 0 bridgehead atoms. The van der Waals surface area contributed by atoms with Gasteiger partial charge in [0.15, 0.2) is 6.61 Å². The number of anilines is 1. The van der Waals surface area contributed by atoms with Gasteiger partial charge in [-0.15, -0.1) is 0 Å². The quantitative estimate of drug-likeness (QED) is 0.683. The summed E-state index contributed by atoms with van der Waals surface area (Å²) in [5.74, 6) is -0.0757. The van der Waals surface area contributed by atoms with Crippen LogP contribution in [0.15, 0.2) is 30.3 Å². The number of amides is 1. The minimum absolute atomic E-state index is 0.127. The number of esters is 1. The fraction of sp³-hybridized carbons (Fsp3) is 0.364. The van der Waals surface area contributed by atoms with Crippen LogP contribution in [0, 0.1) is 6.92 Å². The van der Waals surface area contributed by atoms with Crippen molar-refractivity contribution in [2.45, 2.75) is 33.1 Å². The molecule has 0 aliphatic heterocycles. The lowest BCUT2D eigenvalue weighted by molar-refractivity contribution is -0.118. The maximum Gasteiger partial charge on any atom is 0.341 e. The second-order valence-corrected chi connectivity index (χ2v) is 8.02. The summed E-state index contributed by atoms with van der Waals surface area (Å²) in [5.41, 5.74) is 2.50. The van der Waals surface area contributed by atoms with Gasteiger partial charge in [0.05, 0.1) is 24.9 Å². The third-order valence-corrected chi connectivity index (χ3v) is 4.58. The van der Waals surface area contributed by atoms with Gasteiger partial charge in [0.25, 0.3) is 5.91 Å². The molecular formula is C22H26ClNO5. The number of hydrogen-bond donors (Lipinski definition) is 1. The van der Waals surface area contributed by atoms with Crippen molar-refractivity contribution in [3.05, 3.63) is 52.0 Å². The Balaban J connectivity index is 2.16. The summed E-state index contributed by atoms with van der Waals surface area (Å²) in [6.45, 7) is 8.08. The zero-order chi connectivity index (χ0) is 21.8. The Morgan fingerprint density at radius 2 is 1.76 bits per heavy atom. The molecule has 156 valence electrons. The van der Waals surface area contributed by atoms with Gasteiger partial charge < -0.3 is 19.5 Å². The van der Waals surface area contributed by atoms with E-state index >= 15 is 0 Å². The van der Waals surface area contributed by atoms with Crippen LogP contribution >= 0.6 is 11.6 Å². The largest absolute Gasteiger partial charge is 0.496 e. The van der Waals surface area contributed by atoms with Crippen molar-refractivity contribution >= 4 is 29.2 Å². The standard InChI is InChI=1S/C22H26ClNO5/c1-13-7-8-18(15(9-13)22(2,3)4)29-12-20(25)24-17-11-19(27-5)14(10-16(17)23)21(26)28-6/h7-11H,12H2,1-6H3,(H,24,25). The van der Waals surface area contributed by atoms with Gasteiger partial charge in [0, 0.05) is 6.07 Å². The molecule has 0 aromatic heterocycles. The summed E-state index contributed by atoms with van der Waals surface area (Å²) in [6, 6.07) is 8.72. The SMILES string of the molecule is COC(=O)c1cc(Cl)c(NC(=O)COc2ccc(C)cc2C(C)(C)C)cc1OC. The average molecular weight is 420 g/mol. The zero-order valence-electron chi connectivity index (χ0n) is 17.5. The summed E-state index contributed by atoms with van der Waals surface area (Å²) in [4.78, 5) is 24.2. The Labute approximate surface area is 176 Å². The van der Waals surface area contributed by atoms with E-state index in [1.165, 1.54) is 26.4 Å². The van der Waals surface area contributed by atoms with Crippen molar-refractivity contribution in [1.29, 1.82) is 0 Å². The van der Waals surface area contributed by atoms with Gasteiger partial charge >= 0.3 is 5.97 Å². The first-order valence-electron chi connectivity index (χ1n) is 9.06. The molecule has 0 heterocycles. The normalized spacial score (nSPS) is 11.0. The third-order valence-electron chi connectivity index (χ3n) is 4.27. The van der Waals surface area contributed by atoms with Crippen LogP contribution in [0.3, 0.4) is 0 Å². The van der Waals surface area contributed by atoms with Crippen LogP contribution < -0.4 is 14.8 Å². The van der Waals surface area contributed by atoms with Crippen molar-refractivity contribution in [1.82, 2.24) is 0 Å². The second-order valence-electron chi connectivity index (χ2n) is 7.61. The van der Waals surface area contributed by atoms with Crippen LogP contribution in [0.5, 0.6) is 11.5 Å². The maximum absolute atomic E-state index is 12.4. The van der Waals surface area contributed by atoms with E-state index < -0.39 is 5.97 Å². The monoisotopic (exact) mass is 419 g/mol. The molecule has 0 spiro atoms. The topological polar surface area (TPSA) is 73.9 Å². The fourth-order valence-corrected chi connectivity index (χ4v) is 2.98. The first kappa shape index (κ1) is 22.6. The molecule has 7 heteroatoms. The van der Waals surface area contributed by atoms with Crippen LogP contribution in [0.4, 0.5) is 5.69 Å². The molecule has 2 rings (SSSR count). The molecular weight excluding hydrogens is 394 g/mol. The molecule has 0 unspecified atom stereocenters. The van der Waals surface area contributed by atoms with Gasteiger partial charge in [-0.2, -0.15) is 0 Å². The highest BCUT2D eigenvalue weighted by Gasteiger charge is 2.21. The Kier molecular flexibility index (Phi) is 7.14. The smallest absolute Gasteiger partial charge is 0.341 e. The van der Waals surface area contributed by atoms with Crippen molar-refractivity contribution < 1.29 is 23.8 Å². The van der Waals surface area contributed by atoms with Crippen molar-refractivity contribution in [3.63, 3.8) is 0 Å². The van der Waals surface area contributed by atoms with E-state index in [1.807, 2.05) is 19.1 Å². The number of carbonyl (C=O) groups excluding carboxylic acids is 2. The summed E-state index contributed by atoms with van der Waals surface area (Å²) < 4.78 is 15.7. The lowest BCUT2D eigenvalue weighted by Gasteiger charge is -2.23. The number of rotatable bonds is 6. The van der Waals surface area contributed by atoms with E-state index in [-0.39, 0.29) is 34.3 Å². The van der Waals surface area contributed by atoms with E-state index in [1.54, 1.807) is 0 Å². The van der Waals surface area contributed by atoms with Gasteiger partial charge in [0.1, 0.15) is 17.1 Å². The van der Waals surface area contributed by atoms with Crippen LogP contribution in [0.25, 0.3) is 0 Å².